The van der Waals surface area contributed by atoms with Gasteiger partial charge in [-0.3, -0.25) is 4.99 Å². The topological polar surface area (TPSA) is 54.2 Å². The van der Waals surface area contributed by atoms with Crippen molar-refractivity contribution in [2.75, 3.05) is 13.6 Å². The summed E-state index contributed by atoms with van der Waals surface area (Å²) >= 11 is 1.97. The lowest BCUT2D eigenvalue weighted by Gasteiger charge is -2.18. The monoisotopic (exact) mass is 507 g/mol. The molecule has 0 bridgehead atoms. The van der Waals surface area contributed by atoms with Gasteiger partial charge in [0.25, 0.3) is 0 Å². The fourth-order valence-corrected chi connectivity index (χ4v) is 4.42. The molecule has 0 saturated heterocycles. The third-order valence-corrected chi connectivity index (χ3v) is 6.47. The highest BCUT2D eigenvalue weighted by molar-refractivity contribution is 14.0. The van der Waals surface area contributed by atoms with E-state index in [9.17, 15) is 0 Å². The van der Waals surface area contributed by atoms with E-state index in [2.05, 4.69) is 63.6 Å². The maximum Gasteiger partial charge on any atom is 0.191 e. The van der Waals surface area contributed by atoms with Crippen molar-refractivity contribution < 1.29 is 0 Å². The quantitative estimate of drug-likeness (QED) is 0.299. The summed E-state index contributed by atoms with van der Waals surface area (Å²) in [6.07, 6.45) is 2.47. The van der Waals surface area contributed by atoms with Crippen molar-refractivity contribution in [2.24, 2.45) is 12.0 Å². The molecule has 2 N–H and O–H groups in total. The normalized spacial score (nSPS) is 15.1. The third-order valence-electron chi connectivity index (χ3n) is 4.98. The number of nitrogens with one attached hydrogen (secondary N) is 2. The van der Waals surface area contributed by atoms with Crippen LogP contribution in [0.5, 0.6) is 0 Å². The van der Waals surface area contributed by atoms with Crippen molar-refractivity contribution in [3.63, 3.8) is 0 Å². The van der Waals surface area contributed by atoms with E-state index in [4.69, 9.17) is 4.98 Å². The lowest BCUT2D eigenvalue weighted by atomic mass is 10.3. The summed E-state index contributed by atoms with van der Waals surface area (Å²) in [6, 6.07) is 18.8. The number of benzene rings is 2. The average molecular weight is 507 g/mol. The highest BCUT2D eigenvalue weighted by Crippen LogP contribution is 2.51. The first-order valence-corrected chi connectivity index (χ1v) is 10.1. The van der Waals surface area contributed by atoms with Crippen molar-refractivity contribution in [1.82, 2.24) is 20.2 Å². The van der Waals surface area contributed by atoms with Gasteiger partial charge in [0.1, 0.15) is 5.82 Å². The van der Waals surface area contributed by atoms with Crippen LogP contribution in [0.4, 0.5) is 0 Å². The number of hydrogen-bond donors (Lipinski definition) is 2. The SMILES string of the molecule is CN=C(NCc1nc2ccccc2n1C)NCC1(Sc2ccccc2)CC1.I. The Labute approximate surface area is 187 Å². The Hall–Kier alpha value is -1.74. The Morgan fingerprint density at radius 3 is 2.50 bits per heavy atom. The first-order chi connectivity index (χ1) is 13.2. The van der Waals surface area contributed by atoms with Crippen LogP contribution in [0.3, 0.4) is 0 Å². The summed E-state index contributed by atoms with van der Waals surface area (Å²) < 4.78 is 2.42. The number of aromatic nitrogens is 2. The largest absolute Gasteiger partial charge is 0.355 e. The van der Waals surface area contributed by atoms with Crippen LogP contribution in [-0.2, 0) is 13.6 Å². The second kappa shape index (κ2) is 9.17. The maximum absolute atomic E-state index is 4.71. The number of guanidine groups is 1. The average Bonchev–Trinajstić information content (AvgIpc) is 3.39. The van der Waals surface area contributed by atoms with Crippen LogP contribution in [0.2, 0.25) is 0 Å². The molecule has 1 saturated carbocycles. The molecule has 28 heavy (non-hydrogen) atoms. The second-order valence-corrected chi connectivity index (χ2v) is 8.49. The number of thioether (sulfide) groups is 1. The number of aryl methyl sites for hydroxylation is 1. The molecule has 0 amide bonds. The van der Waals surface area contributed by atoms with Crippen molar-refractivity contribution >= 4 is 52.7 Å². The van der Waals surface area contributed by atoms with Gasteiger partial charge in [-0.05, 0) is 37.1 Å². The standard InChI is InChI=1S/C21H25N5S.HI/c1-22-20(23-14-19-25-17-10-6-7-11-18(17)26(19)2)24-15-21(12-13-21)27-16-8-4-3-5-9-16;/h3-11H,12-15H2,1-2H3,(H2,22,23,24);1H. The molecule has 1 aliphatic carbocycles. The van der Waals surface area contributed by atoms with Gasteiger partial charge in [-0.1, -0.05) is 30.3 Å². The lowest BCUT2D eigenvalue weighted by molar-refractivity contribution is 0.725. The molecule has 5 nitrogen and oxygen atoms in total. The van der Waals surface area contributed by atoms with Crippen LogP contribution in [0.15, 0.2) is 64.5 Å². The Balaban J connectivity index is 0.00000225. The summed E-state index contributed by atoms with van der Waals surface area (Å²) in [4.78, 5) is 10.4. The van der Waals surface area contributed by atoms with E-state index < -0.39 is 0 Å². The van der Waals surface area contributed by atoms with Crippen molar-refractivity contribution in [2.45, 2.75) is 29.0 Å². The van der Waals surface area contributed by atoms with Gasteiger partial charge in [0.15, 0.2) is 5.96 Å². The van der Waals surface area contributed by atoms with Crippen LogP contribution >= 0.6 is 35.7 Å². The van der Waals surface area contributed by atoms with Crippen LogP contribution in [0.1, 0.15) is 18.7 Å². The Kier molecular flexibility index (Phi) is 6.87. The highest BCUT2D eigenvalue weighted by Gasteiger charge is 2.43. The highest BCUT2D eigenvalue weighted by atomic mass is 127. The Morgan fingerprint density at radius 2 is 1.82 bits per heavy atom. The van der Waals surface area contributed by atoms with Gasteiger partial charge in [-0.2, -0.15) is 0 Å². The molecular weight excluding hydrogens is 481 g/mol. The fourth-order valence-electron chi connectivity index (χ4n) is 3.17. The van der Waals surface area contributed by atoms with E-state index in [1.165, 1.54) is 17.7 Å². The van der Waals surface area contributed by atoms with Crippen LogP contribution in [0, 0.1) is 0 Å². The molecule has 4 rings (SSSR count). The minimum atomic E-state index is 0. The smallest absolute Gasteiger partial charge is 0.191 e. The van der Waals surface area contributed by atoms with Gasteiger partial charge in [0.05, 0.1) is 17.6 Å². The van der Waals surface area contributed by atoms with Crippen LogP contribution < -0.4 is 10.6 Å². The second-order valence-electron chi connectivity index (χ2n) is 6.95. The van der Waals surface area contributed by atoms with Crippen LogP contribution in [-0.4, -0.2) is 33.9 Å². The van der Waals surface area contributed by atoms with E-state index in [0.717, 1.165) is 29.4 Å². The molecule has 1 aliphatic rings. The molecule has 1 aromatic heterocycles. The number of nitrogens with zero attached hydrogens (tertiary/aromatic N) is 3. The summed E-state index contributed by atoms with van der Waals surface area (Å²) in [6.45, 7) is 1.55. The molecule has 2 aromatic carbocycles. The first kappa shape index (κ1) is 21.0. The molecule has 148 valence electrons. The molecule has 0 unspecified atom stereocenters. The molecule has 3 aromatic rings. The zero-order chi connectivity index (χ0) is 18.7. The predicted octanol–water partition coefficient (Wildman–Crippen LogP) is 4.18. The molecule has 1 fully saturated rings. The van der Waals surface area contributed by atoms with Gasteiger partial charge in [-0.15, -0.1) is 35.7 Å². The van der Waals surface area contributed by atoms with E-state index in [-0.39, 0.29) is 28.7 Å². The molecule has 0 atom stereocenters. The predicted molar refractivity (Wildman–Crippen MR) is 129 cm³/mol. The number of fused-ring (bicyclic) bond motifs is 1. The fraction of sp³-hybridized carbons (Fsp3) is 0.333. The number of halogens is 1. The van der Waals surface area contributed by atoms with Gasteiger partial charge in [0, 0.05) is 30.3 Å². The number of rotatable bonds is 6. The molecule has 7 heteroatoms. The molecular formula is C21H26IN5S. The van der Waals surface area contributed by atoms with Gasteiger partial charge >= 0.3 is 0 Å². The van der Waals surface area contributed by atoms with E-state index in [0.29, 0.717) is 6.54 Å². The number of imidazole rings is 1. The molecule has 0 radical (unpaired) electrons. The van der Waals surface area contributed by atoms with Gasteiger partial charge in [0.2, 0.25) is 0 Å². The van der Waals surface area contributed by atoms with Crippen molar-refractivity contribution in [1.29, 1.82) is 0 Å². The van der Waals surface area contributed by atoms with E-state index >= 15 is 0 Å². The van der Waals surface area contributed by atoms with E-state index in [1.807, 2.05) is 37.0 Å². The number of para-hydroxylation sites is 2. The Morgan fingerprint density at radius 1 is 1.11 bits per heavy atom. The van der Waals surface area contributed by atoms with Gasteiger partial charge in [-0.25, -0.2) is 4.98 Å². The molecule has 0 aliphatic heterocycles. The molecule has 0 spiro atoms. The zero-order valence-corrected chi connectivity index (χ0v) is 19.3. The number of hydrogen-bond acceptors (Lipinski definition) is 3. The van der Waals surface area contributed by atoms with Crippen LogP contribution in [0.25, 0.3) is 11.0 Å². The minimum absolute atomic E-state index is 0. The van der Waals surface area contributed by atoms with Crippen molar-refractivity contribution in [3.05, 3.63) is 60.4 Å². The van der Waals surface area contributed by atoms with E-state index in [1.54, 1.807) is 0 Å². The molecule has 1 heterocycles. The maximum atomic E-state index is 4.71. The van der Waals surface area contributed by atoms with Crippen molar-refractivity contribution in [3.8, 4) is 0 Å². The summed E-state index contributed by atoms with van der Waals surface area (Å²) in [5.41, 5.74) is 2.17. The minimum Gasteiger partial charge on any atom is -0.355 e. The summed E-state index contributed by atoms with van der Waals surface area (Å²) in [5, 5.41) is 6.89. The third kappa shape index (κ3) is 4.81. The lowest BCUT2D eigenvalue weighted by Crippen LogP contribution is -2.41. The zero-order valence-electron chi connectivity index (χ0n) is 16.2. The Bertz CT molecular complexity index is 950. The number of aliphatic imine (C=N–C) groups is 1. The summed E-state index contributed by atoms with van der Waals surface area (Å²) in [7, 11) is 3.87. The summed E-state index contributed by atoms with van der Waals surface area (Å²) in [5.74, 6) is 1.82. The first-order valence-electron chi connectivity index (χ1n) is 9.28. The van der Waals surface area contributed by atoms with Gasteiger partial charge < -0.3 is 15.2 Å².